The first-order valence-electron chi connectivity index (χ1n) is 6.14. The van der Waals surface area contributed by atoms with Crippen LogP contribution in [0.5, 0.6) is 0 Å². The Balaban J connectivity index is 2.05. The molecule has 0 fully saturated rings. The summed E-state index contributed by atoms with van der Waals surface area (Å²) in [7, 11) is 0. The summed E-state index contributed by atoms with van der Waals surface area (Å²) >= 11 is 5.62. The van der Waals surface area contributed by atoms with Gasteiger partial charge in [0.05, 0.1) is 5.02 Å². The molecule has 0 amide bonds. The number of rotatable bonds is 2. The van der Waals surface area contributed by atoms with Crippen molar-refractivity contribution in [1.29, 1.82) is 0 Å². The molecule has 0 bridgehead atoms. The predicted molar refractivity (Wildman–Crippen MR) is 78.8 cm³/mol. The lowest BCUT2D eigenvalue weighted by molar-refractivity contribution is 0.103. The third-order valence-corrected chi connectivity index (χ3v) is 3.50. The first-order valence-corrected chi connectivity index (χ1v) is 6.51. The highest BCUT2D eigenvalue weighted by Crippen LogP contribution is 2.21. The van der Waals surface area contributed by atoms with E-state index in [1.165, 1.54) is 18.2 Å². The molecule has 0 saturated carbocycles. The lowest BCUT2D eigenvalue weighted by Crippen LogP contribution is -2.01. The number of carbonyl (C=O) groups is 1. The number of fused-ring (bicyclic) bond motifs is 1. The van der Waals surface area contributed by atoms with Gasteiger partial charge in [-0.2, -0.15) is 0 Å². The first kappa shape index (κ1) is 12.8. The van der Waals surface area contributed by atoms with Crippen LogP contribution in [-0.2, 0) is 0 Å². The molecule has 3 heteroatoms. The summed E-state index contributed by atoms with van der Waals surface area (Å²) in [6, 6.07) is 17.3. The van der Waals surface area contributed by atoms with E-state index >= 15 is 0 Å². The van der Waals surface area contributed by atoms with Crippen LogP contribution in [0.3, 0.4) is 0 Å². The van der Waals surface area contributed by atoms with E-state index in [0.29, 0.717) is 11.1 Å². The van der Waals surface area contributed by atoms with Crippen molar-refractivity contribution < 1.29 is 9.18 Å². The normalized spacial score (nSPS) is 10.7. The smallest absolute Gasteiger partial charge is 0.193 e. The molecule has 3 aromatic carbocycles. The highest BCUT2D eigenvalue weighted by Gasteiger charge is 2.11. The fourth-order valence-electron chi connectivity index (χ4n) is 2.13. The Morgan fingerprint density at radius 1 is 0.850 bits per heavy atom. The van der Waals surface area contributed by atoms with Gasteiger partial charge < -0.3 is 0 Å². The van der Waals surface area contributed by atoms with Gasteiger partial charge in [-0.25, -0.2) is 4.39 Å². The van der Waals surface area contributed by atoms with Gasteiger partial charge in [0, 0.05) is 11.1 Å². The molecule has 0 aliphatic heterocycles. The molecule has 0 aromatic heterocycles. The zero-order chi connectivity index (χ0) is 14.1. The quantitative estimate of drug-likeness (QED) is 0.614. The second kappa shape index (κ2) is 5.06. The molecule has 0 radical (unpaired) electrons. The number of ketones is 1. The van der Waals surface area contributed by atoms with Crippen molar-refractivity contribution in [3.05, 3.63) is 82.6 Å². The summed E-state index contributed by atoms with van der Waals surface area (Å²) in [6.45, 7) is 0. The highest BCUT2D eigenvalue weighted by molar-refractivity contribution is 6.30. The Morgan fingerprint density at radius 2 is 1.50 bits per heavy atom. The largest absolute Gasteiger partial charge is 0.289 e. The van der Waals surface area contributed by atoms with Crippen LogP contribution in [0, 0.1) is 5.82 Å². The molecular weight excluding hydrogens is 275 g/mol. The van der Waals surface area contributed by atoms with Crippen LogP contribution in [0.25, 0.3) is 10.8 Å². The molecule has 0 unspecified atom stereocenters. The lowest BCUT2D eigenvalue weighted by Gasteiger charge is -2.04. The molecule has 0 aliphatic rings. The van der Waals surface area contributed by atoms with E-state index in [1.807, 2.05) is 36.4 Å². The van der Waals surface area contributed by atoms with Crippen LogP contribution in [0.1, 0.15) is 15.9 Å². The average molecular weight is 285 g/mol. The zero-order valence-electron chi connectivity index (χ0n) is 10.4. The van der Waals surface area contributed by atoms with Crippen LogP contribution < -0.4 is 0 Å². The zero-order valence-corrected chi connectivity index (χ0v) is 11.2. The predicted octanol–water partition coefficient (Wildman–Crippen LogP) is 4.86. The Labute approximate surface area is 120 Å². The molecule has 20 heavy (non-hydrogen) atoms. The summed E-state index contributed by atoms with van der Waals surface area (Å²) in [6.07, 6.45) is 0. The molecule has 3 rings (SSSR count). The molecule has 0 saturated heterocycles. The maximum atomic E-state index is 13.4. The summed E-state index contributed by atoms with van der Waals surface area (Å²) in [4.78, 5) is 12.3. The minimum Gasteiger partial charge on any atom is -0.289 e. The van der Waals surface area contributed by atoms with Crippen molar-refractivity contribution >= 4 is 28.2 Å². The molecule has 0 spiro atoms. The van der Waals surface area contributed by atoms with Gasteiger partial charge in [0.2, 0.25) is 0 Å². The molecule has 98 valence electrons. The van der Waals surface area contributed by atoms with E-state index in [4.69, 9.17) is 11.6 Å². The van der Waals surface area contributed by atoms with E-state index in [0.717, 1.165) is 10.8 Å². The molecule has 0 aliphatic carbocycles. The average Bonchev–Trinajstić information content (AvgIpc) is 2.49. The fourth-order valence-corrected chi connectivity index (χ4v) is 2.25. The molecule has 3 aromatic rings. The molecule has 0 heterocycles. The van der Waals surface area contributed by atoms with E-state index < -0.39 is 5.82 Å². The SMILES string of the molecule is O=C(c1ccc(Cl)c(F)c1)c1ccc2ccccc2c1. The Morgan fingerprint density at radius 3 is 2.25 bits per heavy atom. The van der Waals surface area contributed by atoms with E-state index in [2.05, 4.69) is 0 Å². The van der Waals surface area contributed by atoms with Crippen LogP contribution in [0.15, 0.2) is 60.7 Å². The Kier molecular flexibility index (Phi) is 3.25. The van der Waals surface area contributed by atoms with Crippen molar-refractivity contribution in [2.45, 2.75) is 0 Å². The van der Waals surface area contributed by atoms with Gasteiger partial charge in [0.1, 0.15) is 5.82 Å². The van der Waals surface area contributed by atoms with Gasteiger partial charge in [-0.15, -0.1) is 0 Å². The highest BCUT2D eigenvalue weighted by atomic mass is 35.5. The number of hydrogen-bond acceptors (Lipinski definition) is 1. The van der Waals surface area contributed by atoms with Gasteiger partial charge in [0.25, 0.3) is 0 Å². The van der Waals surface area contributed by atoms with Gasteiger partial charge in [-0.1, -0.05) is 48.0 Å². The van der Waals surface area contributed by atoms with Gasteiger partial charge in [-0.3, -0.25) is 4.79 Å². The number of benzene rings is 3. The Hall–Kier alpha value is -2.19. The van der Waals surface area contributed by atoms with E-state index in [-0.39, 0.29) is 10.8 Å². The van der Waals surface area contributed by atoms with Gasteiger partial charge in [-0.05, 0) is 35.0 Å². The van der Waals surface area contributed by atoms with E-state index in [9.17, 15) is 9.18 Å². The van der Waals surface area contributed by atoms with Crippen LogP contribution >= 0.6 is 11.6 Å². The Bertz CT molecular complexity index is 811. The topological polar surface area (TPSA) is 17.1 Å². The number of halogens is 2. The standard InChI is InChI=1S/C17H10ClFO/c18-15-8-7-14(10-16(15)19)17(20)13-6-5-11-3-1-2-4-12(11)9-13/h1-10H. The summed E-state index contributed by atoms with van der Waals surface area (Å²) in [5.74, 6) is -0.801. The summed E-state index contributed by atoms with van der Waals surface area (Å²) in [5.41, 5.74) is 0.826. The molecule has 0 N–H and O–H groups in total. The third-order valence-electron chi connectivity index (χ3n) is 3.19. The van der Waals surface area contributed by atoms with Crippen molar-refractivity contribution in [3.8, 4) is 0 Å². The third kappa shape index (κ3) is 2.30. The lowest BCUT2D eigenvalue weighted by atomic mass is 10.00. The first-order chi connectivity index (χ1) is 9.65. The van der Waals surface area contributed by atoms with Crippen molar-refractivity contribution in [3.63, 3.8) is 0 Å². The summed E-state index contributed by atoms with van der Waals surface area (Å²) < 4.78 is 13.4. The van der Waals surface area contributed by atoms with Crippen LogP contribution in [0.2, 0.25) is 5.02 Å². The van der Waals surface area contributed by atoms with Crippen molar-refractivity contribution in [2.24, 2.45) is 0 Å². The minimum atomic E-state index is -0.585. The minimum absolute atomic E-state index is 0.0139. The van der Waals surface area contributed by atoms with Crippen molar-refractivity contribution in [1.82, 2.24) is 0 Å². The van der Waals surface area contributed by atoms with E-state index in [1.54, 1.807) is 6.07 Å². The summed E-state index contributed by atoms with van der Waals surface area (Å²) in [5, 5.41) is 2.05. The van der Waals surface area contributed by atoms with Crippen LogP contribution in [-0.4, -0.2) is 5.78 Å². The molecular formula is C17H10ClFO. The van der Waals surface area contributed by atoms with Crippen molar-refractivity contribution in [2.75, 3.05) is 0 Å². The fraction of sp³-hybridized carbons (Fsp3) is 0. The van der Waals surface area contributed by atoms with Gasteiger partial charge in [0.15, 0.2) is 5.78 Å². The number of carbonyl (C=O) groups excluding carboxylic acids is 1. The monoisotopic (exact) mass is 284 g/mol. The van der Waals surface area contributed by atoms with Gasteiger partial charge >= 0.3 is 0 Å². The molecule has 0 atom stereocenters. The second-order valence-electron chi connectivity index (χ2n) is 4.52. The second-order valence-corrected chi connectivity index (χ2v) is 4.93. The van der Waals surface area contributed by atoms with Crippen LogP contribution in [0.4, 0.5) is 4.39 Å². The number of hydrogen-bond donors (Lipinski definition) is 0. The molecule has 1 nitrogen and oxygen atoms in total. The maximum absolute atomic E-state index is 13.4. The maximum Gasteiger partial charge on any atom is 0.193 e.